The van der Waals surface area contributed by atoms with Gasteiger partial charge in [-0.15, -0.1) is 28.2 Å². The Labute approximate surface area is 223 Å². The lowest BCUT2D eigenvalue weighted by Crippen LogP contribution is -2.74. The lowest BCUT2D eigenvalue weighted by molar-refractivity contribution is -0.157. The average Bonchev–Trinajstić information content (AvgIpc) is 3.64. The van der Waals surface area contributed by atoms with Crippen molar-refractivity contribution in [1.29, 1.82) is 0 Å². The van der Waals surface area contributed by atoms with Crippen molar-refractivity contribution in [3.63, 3.8) is 0 Å². The molecule has 0 bridgehead atoms. The molecule has 5 rings (SSSR count). The zero-order valence-corrected chi connectivity index (χ0v) is 22.0. The third kappa shape index (κ3) is 5.02. The topological polar surface area (TPSA) is 191 Å². The summed E-state index contributed by atoms with van der Waals surface area (Å²) in [6.45, 7) is 0.0180. The van der Waals surface area contributed by atoms with Crippen LogP contribution in [0.5, 0.6) is 0 Å². The van der Waals surface area contributed by atoms with Gasteiger partial charge in [0, 0.05) is 30.5 Å². The smallest absolute Gasteiger partial charge is 0.313 e. The van der Waals surface area contributed by atoms with E-state index >= 15 is 0 Å². The number of thioether (sulfide) groups is 2. The minimum absolute atomic E-state index is 0.0180. The molecule has 4 N–H and O–H groups in total. The number of fused-ring (bicyclic) bond motifs is 1. The molecule has 17 heteroatoms. The molecule has 37 heavy (non-hydrogen) atoms. The van der Waals surface area contributed by atoms with E-state index in [9.17, 15) is 19.5 Å². The van der Waals surface area contributed by atoms with Crippen molar-refractivity contribution in [1.82, 2.24) is 35.4 Å². The molecule has 2 aromatic heterocycles. The number of nitrogens with two attached hydrogens (primary N) is 1. The molecule has 2 aliphatic heterocycles. The summed E-state index contributed by atoms with van der Waals surface area (Å²) in [7, 11) is 1.67. The number of anilines is 1. The molecule has 2 fully saturated rings. The molecule has 0 saturated carbocycles. The highest BCUT2D eigenvalue weighted by Gasteiger charge is 2.57. The molecular formula is C20H23N9O5S3. The van der Waals surface area contributed by atoms with Crippen LogP contribution >= 0.6 is 34.9 Å². The number of aromatic nitrogens is 5. The Morgan fingerprint density at radius 3 is 2.95 bits per heavy atom. The van der Waals surface area contributed by atoms with Crippen molar-refractivity contribution >= 4 is 63.5 Å². The monoisotopic (exact) mass is 565 g/mol. The van der Waals surface area contributed by atoms with Gasteiger partial charge in [0.1, 0.15) is 28.6 Å². The summed E-state index contributed by atoms with van der Waals surface area (Å²) in [5.74, 6) is -1.55. The van der Waals surface area contributed by atoms with Crippen LogP contribution in [-0.4, -0.2) is 94.3 Å². The normalized spacial score (nSPS) is 27.1. The number of oxime groups is 1. The van der Waals surface area contributed by atoms with Gasteiger partial charge in [-0.2, -0.15) is 0 Å². The van der Waals surface area contributed by atoms with Crippen molar-refractivity contribution in [2.24, 2.45) is 17.6 Å². The van der Waals surface area contributed by atoms with Crippen LogP contribution in [0.15, 0.2) is 27.8 Å². The van der Waals surface area contributed by atoms with Gasteiger partial charge in [-0.25, -0.2) is 9.67 Å². The number of allylic oxidation sites excluding steroid dienone is 1. The Morgan fingerprint density at radius 2 is 2.30 bits per heavy atom. The van der Waals surface area contributed by atoms with Gasteiger partial charge < -0.3 is 25.9 Å². The summed E-state index contributed by atoms with van der Waals surface area (Å²) in [6, 6.07) is -0.826. The van der Waals surface area contributed by atoms with Crippen molar-refractivity contribution < 1.29 is 24.3 Å². The van der Waals surface area contributed by atoms with E-state index in [1.807, 2.05) is 12.2 Å². The van der Waals surface area contributed by atoms with Gasteiger partial charge in [0.25, 0.3) is 5.91 Å². The first-order valence-electron chi connectivity index (χ1n) is 11.2. The standard InChI is InChI=1S/C20H23N9O5S3/c1-28-19(24-26-27-28)37-9-20(17(32)33)7-29-15(31)13(16(29)36-8-20)23-14(30)12(11-6-35-18(21)22-11)25-34-10-4-2-3-5-10/h2,4,6,10,13,16H,3,5,7-9H2,1H3,(H2,21,22)(H,23,30)(H,32,33)/t10?,13?,16-,20?/m1/s1. The molecule has 2 aromatic rings. The van der Waals surface area contributed by atoms with E-state index in [1.165, 1.54) is 33.1 Å². The molecule has 196 valence electrons. The molecule has 4 atom stereocenters. The average molecular weight is 566 g/mol. The Bertz CT molecular complexity index is 1280. The molecule has 0 aromatic carbocycles. The lowest BCUT2D eigenvalue weighted by atomic mass is 9.89. The number of nitrogens with zero attached hydrogens (tertiary/aromatic N) is 7. The third-order valence-electron chi connectivity index (χ3n) is 6.17. The molecule has 2 amide bonds. The maximum absolute atomic E-state index is 13.2. The maximum atomic E-state index is 13.2. The Kier molecular flexibility index (Phi) is 7.09. The van der Waals surface area contributed by atoms with Crippen LogP contribution in [0.2, 0.25) is 0 Å². The number of hydrogen-bond donors (Lipinski definition) is 3. The number of carboxylic acid groups (broad SMARTS) is 1. The van der Waals surface area contributed by atoms with E-state index in [1.54, 1.807) is 12.4 Å². The highest BCUT2D eigenvalue weighted by molar-refractivity contribution is 8.00. The van der Waals surface area contributed by atoms with Crippen LogP contribution in [0, 0.1) is 5.41 Å². The number of aliphatic carboxylic acids is 1. The predicted molar refractivity (Wildman–Crippen MR) is 136 cm³/mol. The highest BCUT2D eigenvalue weighted by Crippen LogP contribution is 2.44. The van der Waals surface area contributed by atoms with E-state index in [2.05, 4.69) is 31.0 Å². The van der Waals surface area contributed by atoms with Gasteiger partial charge in [0.15, 0.2) is 10.8 Å². The van der Waals surface area contributed by atoms with Crippen LogP contribution in [0.1, 0.15) is 18.5 Å². The minimum Gasteiger partial charge on any atom is -0.481 e. The second kappa shape index (κ2) is 10.3. The zero-order valence-electron chi connectivity index (χ0n) is 19.5. The first kappa shape index (κ1) is 25.5. The fraction of sp³-hybridized carbons (Fsp3) is 0.500. The van der Waals surface area contributed by atoms with Crippen LogP contribution < -0.4 is 11.1 Å². The lowest BCUT2D eigenvalue weighted by Gasteiger charge is -2.53. The van der Waals surface area contributed by atoms with Gasteiger partial charge in [-0.3, -0.25) is 14.4 Å². The predicted octanol–water partition coefficient (Wildman–Crippen LogP) is -0.0487. The quantitative estimate of drug-likeness (QED) is 0.121. The molecular weight excluding hydrogens is 542 g/mol. The van der Waals surface area contributed by atoms with Crippen molar-refractivity contribution in [2.75, 3.05) is 23.8 Å². The third-order valence-corrected chi connectivity index (χ3v) is 9.73. The number of carbonyl (C=O) groups excluding carboxylic acids is 2. The van der Waals surface area contributed by atoms with Gasteiger partial charge in [0.05, 0.1) is 0 Å². The first-order chi connectivity index (χ1) is 17.8. The molecule has 0 radical (unpaired) electrons. The summed E-state index contributed by atoms with van der Waals surface area (Å²) < 4.78 is 1.46. The molecule has 4 heterocycles. The number of β-lactam (4-membered cyclic amide) rings is 1. The number of thiazole rings is 1. The number of carboxylic acids is 1. The van der Waals surface area contributed by atoms with Gasteiger partial charge in [-0.1, -0.05) is 23.0 Å². The van der Waals surface area contributed by atoms with Crippen molar-refractivity contribution in [2.45, 2.75) is 35.5 Å². The van der Waals surface area contributed by atoms with Gasteiger partial charge in [0.2, 0.25) is 11.1 Å². The molecule has 3 aliphatic rings. The summed E-state index contributed by atoms with van der Waals surface area (Å²) >= 11 is 3.69. The second-order valence-electron chi connectivity index (χ2n) is 8.74. The van der Waals surface area contributed by atoms with E-state index in [0.717, 1.165) is 24.2 Å². The summed E-state index contributed by atoms with van der Waals surface area (Å²) in [4.78, 5) is 49.6. The maximum Gasteiger partial charge on any atom is 0.313 e. The minimum atomic E-state index is -1.18. The molecule has 1 aliphatic carbocycles. The van der Waals surface area contributed by atoms with E-state index < -0.39 is 28.7 Å². The SMILES string of the molecule is Cn1nnnc1SCC1(C(=O)O)CS[C@@H]2C(NC(=O)C(=NOC3C=CCC3)c3csc(N)n3)C(=O)N2C1. The number of hydrogen-bond acceptors (Lipinski definition) is 13. The van der Waals surface area contributed by atoms with Crippen LogP contribution in [0.4, 0.5) is 5.13 Å². The number of rotatable bonds is 9. The number of amides is 2. The number of tetrazole rings is 1. The zero-order chi connectivity index (χ0) is 26.2. The Balaban J connectivity index is 1.26. The van der Waals surface area contributed by atoms with Crippen molar-refractivity contribution in [3.05, 3.63) is 23.2 Å². The number of carbonyl (C=O) groups is 3. The van der Waals surface area contributed by atoms with Crippen LogP contribution in [0.3, 0.4) is 0 Å². The molecule has 0 spiro atoms. The van der Waals surface area contributed by atoms with Crippen LogP contribution in [0.25, 0.3) is 0 Å². The van der Waals surface area contributed by atoms with E-state index in [-0.39, 0.29) is 46.6 Å². The van der Waals surface area contributed by atoms with E-state index in [4.69, 9.17) is 10.6 Å². The summed E-state index contributed by atoms with van der Waals surface area (Å²) in [5, 5.41) is 29.9. The molecule has 2 saturated heterocycles. The highest BCUT2D eigenvalue weighted by atomic mass is 32.2. The Hall–Kier alpha value is -3.18. The first-order valence-corrected chi connectivity index (χ1v) is 14.1. The van der Waals surface area contributed by atoms with Crippen molar-refractivity contribution in [3.8, 4) is 0 Å². The largest absolute Gasteiger partial charge is 0.481 e. The Morgan fingerprint density at radius 1 is 1.46 bits per heavy atom. The summed E-state index contributed by atoms with van der Waals surface area (Å²) in [5.41, 5.74) is 4.73. The van der Waals surface area contributed by atoms with Gasteiger partial charge >= 0.3 is 5.97 Å². The number of aryl methyl sites for hydroxylation is 1. The number of nitrogens with one attached hydrogen (secondary N) is 1. The summed E-state index contributed by atoms with van der Waals surface area (Å²) in [6.07, 6.45) is 5.22. The fourth-order valence-electron chi connectivity index (χ4n) is 4.08. The van der Waals surface area contributed by atoms with E-state index in [0.29, 0.717) is 5.16 Å². The fourth-order valence-corrected chi connectivity index (χ4v) is 7.33. The van der Waals surface area contributed by atoms with Gasteiger partial charge in [-0.05, 0) is 29.3 Å². The number of nitrogen functional groups attached to an aromatic ring is 1. The van der Waals surface area contributed by atoms with Crippen LogP contribution in [-0.2, 0) is 26.3 Å². The molecule has 3 unspecified atom stereocenters. The second-order valence-corrected chi connectivity index (χ2v) is 11.7. The molecule has 14 nitrogen and oxygen atoms in total.